The Morgan fingerprint density at radius 3 is 2.36 bits per heavy atom. The van der Waals surface area contributed by atoms with Crippen LogP contribution >= 0.6 is 0 Å². The highest BCUT2D eigenvalue weighted by molar-refractivity contribution is 5.94. The van der Waals surface area contributed by atoms with Crippen LogP contribution in [0.15, 0.2) is 84.9 Å². The fourth-order valence-electron chi connectivity index (χ4n) is 4.09. The third kappa shape index (κ3) is 6.08. The fourth-order valence-corrected chi connectivity index (χ4v) is 4.09. The number of unbranched alkanes of at least 4 members (excludes halogenated alkanes) is 1. The van der Waals surface area contributed by atoms with Crippen LogP contribution in [-0.2, 0) is 11.2 Å². The Balaban J connectivity index is 1.45. The summed E-state index contributed by atoms with van der Waals surface area (Å²) in [4.78, 5) is 25.0. The predicted molar refractivity (Wildman–Crippen MR) is 141 cm³/mol. The number of nitrogens with one attached hydrogen (secondary N) is 1. The van der Waals surface area contributed by atoms with Crippen molar-refractivity contribution in [3.05, 3.63) is 107 Å². The lowest BCUT2D eigenvalue weighted by molar-refractivity contribution is 0.0518. The number of hydrogen-bond acceptors (Lipinski definition) is 4. The van der Waals surface area contributed by atoms with E-state index in [9.17, 15) is 9.59 Å². The molecule has 0 atom stereocenters. The van der Waals surface area contributed by atoms with Crippen LogP contribution in [0.4, 0.5) is 0 Å². The van der Waals surface area contributed by atoms with Crippen molar-refractivity contribution in [1.82, 2.24) is 15.1 Å². The van der Waals surface area contributed by atoms with E-state index in [4.69, 9.17) is 4.74 Å². The number of rotatable bonds is 10. The Kier molecular flexibility index (Phi) is 8.29. The maximum Gasteiger partial charge on any atom is 0.358 e. The largest absolute Gasteiger partial charge is 0.461 e. The first-order valence-corrected chi connectivity index (χ1v) is 12.3. The van der Waals surface area contributed by atoms with Gasteiger partial charge in [-0.1, -0.05) is 54.6 Å². The van der Waals surface area contributed by atoms with Crippen LogP contribution in [0, 0.1) is 6.92 Å². The second-order valence-corrected chi connectivity index (χ2v) is 8.61. The zero-order valence-corrected chi connectivity index (χ0v) is 20.7. The van der Waals surface area contributed by atoms with Crippen LogP contribution in [-0.4, -0.2) is 34.8 Å². The minimum absolute atomic E-state index is 0.104. The minimum Gasteiger partial charge on any atom is -0.461 e. The maximum atomic E-state index is 12.6. The first-order chi connectivity index (χ1) is 17.6. The Labute approximate surface area is 211 Å². The third-order valence-electron chi connectivity index (χ3n) is 6.01. The van der Waals surface area contributed by atoms with E-state index in [1.165, 1.54) is 5.56 Å². The van der Waals surface area contributed by atoms with Crippen molar-refractivity contribution >= 4 is 11.9 Å². The van der Waals surface area contributed by atoms with Gasteiger partial charge in [-0.05, 0) is 74.6 Å². The Hall–Kier alpha value is -4.19. The second-order valence-electron chi connectivity index (χ2n) is 8.61. The van der Waals surface area contributed by atoms with Gasteiger partial charge in [0.25, 0.3) is 5.91 Å². The summed E-state index contributed by atoms with van der Waals surface area (Å²) in [6, 6.07) is 27.3. The highest BCUT2D eigenvalue weighted by Gasteiger charge is 2.19. The lowest BCUT2D eigenvalue weighted by Crippen LogP contribution is -2.24. The fraction of sp³-hybridized carbons (Fsp3) is 0.233. The SMILES string of the molecule is CCOC(=O)c1cc(-c2ccccc2C)n(-c2ccc(C(=O)NCCCCc3ccccc3)cc2)n1. The predicted octanol–water partition coefficient (Wildman–Crippen LogP) is 5.78. The summed E-state index contributed by atoms with van der Waals surface area (Å²) in [6.45, 7) is 4.70. The molecule has 0 saturated heterocycles. The van der Waals surface area contributed by atoms with Crippen molar-refractivity contribution in [2.75, 3.05) is 13.2 Å². The van der Waals surface area contributed by atoms with Gasteiger partial charge in [-0.2, -0.15) is 5.10 Å². The van der Waals surface area contributed by atoms with E-state index in [1.54, 1.807) is 29.8 Å². The summed E-state index contributed by atoms with van der Waals surface area (Å²) in [5, 5.41) is 7.53. The molecule has 4 aromatic rings. The number of ether oxygens (including phenoxy) is 1. The van der Waals surface area contributed by atoms with Crippen LogP contribution in [0.2, 0.25) is 0 Å². The molecule has 0 unspecified atom stereocenters. The maximum absolute atomic E-state index is 12.6. The molecular weight excluding hydrogens is 450 g/mol. The number of esters is 1. The van der Waals surface area contributed by atoms with Gasteiger partial charge in [0, 0.05) is 17.7 Å². The van der Waals surface area contributed by atoms with Crippen LogP contribution < -0.4 is 5.32 Å². The van der Waals surface area contributed by atoms with E-state index in [0.717, 1.165) is 41.8 Å². The van der Waals surface area contributed by atoms with Gasteiger partial charge in [0.15, 0.2) is 5.69 Å². The van der Waals surface area contributed by atoms with E-state index in [1.807, 2.05) is 61.5 Å². The zero-order chi connectivity index (χ0) is 25.3. The van der Waals surface area contributed by atoms with Gasteiger partial charge in [0.05, 0.1) is 18.0 Å². The normalized spacial score (nSPS) is 10.7. The summed E-state index contributed by atoms with van der Waals surface area (Å²) in [6.07, 6.45) is 2.95. The van der Waals surface area contributed by atoms with Crippen LogP contribution in [0.5, 0.6) is 0 Å². The molecule has 184 valence electrons. The zero-order valence-electron chi connectivity index (χ0n) is 20.7. The van der Waals surface area contributed by atoms with Crippen molar-refractivity contribution in [1.29, 1.82) is 0 Å². The smallest absolute Gasteiger partial charge is 0.358 e. The molecule has 0 bridgehead atoms. The highest BCUT2D eigenvalue weighted by Crippen LogP contribution is 2.27. The van der Waals surface area contributed by atoms with Crippen molar-refractivity contribution in [3.63, 3.8) is 0 Å². The summed E-state index contributed by atoms with van der Waals surface area (Å²) in [5.41, 5.74) is 5.71. The molecule has 6 heteroatoms. The standard InChI is InChI=1S/C30H31N3O3/c1-3-36-30(35)27-21-28(26-15-8-7-11-22(26)2)33(32-27)25-18-16-24(17-19-25)29(34)31-20-10-9-14-23-12-5-4-6-13-23/h4-8,11-13,15-19,21H,3,9-10,14,20H2,1-2H3,(H,31,34). The molecule has 1 amide bonds. The van der Waals surface area contributed by atoms with Crippen LogP contribution in [0.1, 0.15) is 51.7 Å². The number of amides is 1. The van der Waals surface area contributed by atoms with Crippen LogP contribution in [0.25, 0.3) is 16.9 Å². The van der Waals surface area contributed by atoms with Crippen molar-refractivity contribution in [2.45, 2.75) is 33.1 Å². The molecule has 0 saturated carbocycles. The summed E-state index contributed by atoms with van der Waals surface area (Å²) in [7, 11) is 0. The molecule has 4 rings (SSSR count). The molecule has 0 radical (unpaired) electrons. The molecule has 0 spiro atoms. The molecular formula is C30H31N3O3. The molecule has 6 nitrogen and oxygen atoms in total. The van der Waals surface area contributed by atoms with E-state index < -0.39 is 5.97 Å². The first-order valence-electron chi connectivity index (χ1n) is 12.3. The number of benzene rings is 3. The number of nitrogens with zero attached hydrogens (tertiary/aromatic N) is 2. The molecule has 0 aliphatic carbocycles. The summed E-state index contributed by atoms with van der Waals surface area (Å²) < 4.78 is 6.88. The van der Waals surface area contributed by atoms with Gasteiger partial charge in [-0.3, -0.25) is 4.79 Å². The lowest BCUT2D eigenvalue weighted by atomic mass is 10.1. The van der Waals surface area contributed by atoms with Gasteiger partial charge in [0.1, 0.15) is 0 Å². The van der Waals surface area contributed by atoms with Crippen LogP contribution in [0.3, 0.4) is 0 Å². The molecule has 0 aliphatic heterocycles. The average Bonchev–Trinajstić information content (AvgIpc) is 3.35. The average molecular weight is 482 g/mol. The van der Waals surface area contributed by atoms with Gasteiger partial charge >= 0.3 is 5.97 Å². The quantitative estimate of drug-likeness (QED) is 0.230. The molecule has 3 aromatic carbocycles. The Bertz CT molecular complexity index is 1310. The highest BCUT2D eigenvalue weighted by atomic mass is 16.5. The molecule has 1 N–H and O–H groups in total. The summed E-state index contributed by atoms with van der Waals surface area (Å²) >= 11 is 0. The van der Waals surface area contributed by atoms with E-state index in [-0.39, 0.29) is 18.2 Å². The van der Waals surface area contributed by atoms with Gasteiger partial charge in [-0.25, -0.2) is 9.48 Å². The number of hydrogen-bond donors (Lipinski definition) is 1. The Morgan fingerprint density at radius 1 is 0.917 bits per heavy atom. The molecule has 0 fully saturated rings. The Morgan fingerprint density at radius 2 is 1.64 bits per heavy atom. The van der Waals surface area contributed by atoms with Gasteiger partial charge < -0.3 is 10.1 Å². The number of carbonyl (C=O) groups excluding carboxylic acids is 2. The van der Waals surface area contributed by atoms with Crippen molar-refractivity contribution in [3.8, 4) is 16.9 Å². The van der Waals surface area contributed by atoms with E-state index in [0.29, 0.717) is 12.1 Å². The van der Waals surface area contributed by atoms with Crippen molar-refractivity contribution < 1.29 is 14.3 Å². The van der Waals surface area contributed by atoms with E-state index in [2.05, 4.69) is 22.5 Å². The number of aromatic nitrogens is 2. The number of aryl methyl sites for hydroxylation is 2. The van der Waals surface area contributed by atoms with Crippen molar-refractivity contribution in [2.24, 2.45) is 0 Å². The second kappa shape index (κ2) is 12.0. The lowest BCUT2D eigenvalue weighted by Gasteiger charge is -2.11. The minimum atomic E-state index is -0.464. The molecule has 36 heavy (non-hydrogen) atoms. The third-order valence-corrected chi connectivity index (χ3v) is 6.01. The number of carbonyl (C=O) groups is 2. The first kappa shape index (κ1) is 24.9. The molecule has 0 aliphatic rings. The topological polar surface area (TPSA) is 73.2 Å². The van der Waals surface area contributed by atoms with E-state index >= 15 is 0 Å². The van der Waals surface area contributed by atoms with Gasteiger partial charge in [-0.15, -0.1) is 0 Å². The molecule has 1 heterocycles. The molecule has 1 aromatic heterocycles. The monoisotopic (exact) mass is 481 g/mol. The van der Waals surface area contributed by atoms with Gasteiger partial charge in [0.2, 0.25) is 0 Å². The summed E-state index contributed by atoms with van der Waals surface area (Å²) in [5.74, 6) is -0.567.